The van der Waals surface area contributed by atoms with Gasteiger partial charge in [0.25, 0.3) is 0 Å². The number of halogens is 1. The van der Waals surface area contributed by atoms with Gasteiger partial charge in [0.15, 0.2) is 0 Å². The van der Waals surface area contributed by atoms with Crippen LogP contribution in [0.4, 0.5) is 0 Å². The zero-order chi connectivity index (χ0) is 12.4. The van der Waals surface area contributed by atoms with Crippen LogP contribution in [0.3, 0.4) is 0 Å². The topological polar surface area (TPSA) is 30.7 Å². The van der Waals surface area contributed by atoms with Gasteiger partial charge in [-0.2, -0.15) is 5.10 Å². The van der Waals surface area contributed by atoms with Gasteiger partial charge >= 0.3 is 0 Å². The van der Waals surface area contributed by atoms with Gasteiger partial charge in [-0.1, -0.05) is 11.6 Å². The van der Waals surface area contributed by atoms with Crippen LogP contribution in [0.25, 0.3) is 16.8 Å². The third-order valence-corrected chi connectivity index (χ3v) is 2.94. The molecule has 0 saturated heterocycles. The predicted molar refractivity (Wildman–Crippen MR) is 71.8 cm³/mol. The minimum absolute atomic E-state index is 0.722. The molecule has 0 aliphatic rings. The van der Waals surface area contributed by atoms with Crippen LogP contribution in [-0.2, 0) is 0 Å². The molecule has 2 aromatic heterocycles. The van der Waals surface area contributed by atoms with Crippen LogP contribution in [0, 0.1) is 0 Å². The molecule has 0 bridgehead atoms. The second-order valence-electron chi connectivity index (χ2n) is 3.89. The highest BCUT2D eigenvalue weighted by molar-refractivity contribution is 6.30. The fourth-order valence-electron chi connectivity index (χ4n) is 1.75. The number of nitrogens with zero attached hydrogens (tertiary/aromatic N) is 3. The van der Waals surface area contributed by atoms with Crippen LogP contribution in [-0.4, -0.2) is 14.8 Å². The van der Waals surface area contributed by atoms with Crippen molar-refractivity contribution in [1.29, 1.82) is 0 Å². The van der Waals surface area contributed by atoms with Crippen molar-refractivity contribution >= 4 is 11.6 Å². The van der Waals surface area contributed by atoms with Crippen molar-refractivity contribution in [3.05, 3.63) is 66.2 Å². The van der Waals surface area contributed by atoms with Gasteiger partial charge in [-0.05, 0) is 42.0 Å². The van der Waals surface area contributed by atoms with E-state index >= 15 is 0 Å². The highest BCUT2D eigenvalue weighted by Crippen LogP contribution is 2.19. The fourth-order valence-corrected chi connectivity index (χ4v) is 1.88. The molecule has 88 valence electrons. The lowest BCUT2D eigenvalue weighted by Crippen LogP contribution is -1.92. The molecule has 0 fully saturated rings. The molecule has 0 unspecified atom stereocenters. The summed E-state index contributed by atoms with van der Waals surface area (Å²) in [6.07, 6.45) is 7.37. The van der Waals surface area contributed by atoms with E-state index in [1.807, 2.05) is 53.5 Å². The Morgan fingerprint density at radius 2 is 1.61 bits per heavy atom. The Morgan fingerprint density at radius 1 is 0.889 bits per heavy atom. The van der Waals surface area contributed by atoms with Gasteiger partial charge in [0, 0.05) is 29.2 Å². The first kappa shape index (κ1) is 11.0. The van der Waals surface area contributed by atoms with Gasteiger partial charge in [-0.25, -0.2) is 4.68 Å². The first-order chi connectivity index (χ1) is 8.83. The zero-order valence-corrected chi connectivity index (χ0v) is 10.2. The maximum absolute atomic E-state index is 5.86. The molecule has 0 amide bonds. The lowest BCUT2D eigenvalue weighted by atomic mass is 10.1. The Labute approximate surface area is 110 Å². The lowest BCUT2D eigenvalue weighted by Gasteiger charge is -2.00. The van der Waals surface area contributed by atoms with Crippen LogP contribution in [0.15, 0.2) is 61.2 Å². The molecule has 18 heavy (non-hydrogen) atoms. The first-order valence-corrected chi connectivity index (χ1v) is 5.92. The van der Waals surface area contributed by atoms with Crippen LogP contribution in [0.1, 0.15) is 0 Å². The van der Waals surface area contributed by atoms with Crippen molar-refractivity contribution in [3.63, 3.8) is 0 Å². The van der Waals surface area contributed by atoms with E-state index in [9.17, 15) is 0 Å². The van der Waals surface area contributed by atoms with E-state index in [4.69, 9.17) is 11.6 Å². The summed E-state index contributed by atoms with van der Waals surface area (Å²) in [6, 6.07) is 11.5. The average molecular weight is 256 g/mol. The summed E-state index contributed by atoms with van der Waals surface area (Å²) in [6.45, 7) is 0. The summed E-state index contributed by atoms with van der Waals surface area (Å²) in [5.74, 6) is 0. The van der Waals surface area contributed by atoms with E-state index in [1.54, 1.807) is 12.4 Å². The van der Waals surface area contributed by atoms with Gasteiger partial charge in [-0.3, -0.25) is 4.98 Å². The van der Waals surface area contributed by atoms with E-state index in [0.717, 1.165) is 21.8 Å². The summed E-state index contributed by atoms with van der Waals surface area (Å²) in [5.41, 5.74) is 3.15. The molecule has 0 atom stereocenters. The van der Waals surface area contributed by atoms with Crippen LogP contribution < -0.4 is 0 Å². The van der Waals surface area contributed by atoms with Crippen molar-refractivity contribution in [3.8, 4) is 16.8 Å². The number of rotatable bonds is 2. The molecule has 0 N–H and O–H groups in total. The third kappa shape index (κ3) is 2.13. The highest BCUT2D eigenvalue weighted by Gasteiger charge is 2.02. The van der Waals surface area contributed by atoms with E-state index in [2.05, 4.69) is 10.1 Å². The number of benzene rings is 1. The standard InChI is InChI=1S/C14H10ClN3/c15-13-1-3-14(4-2-13)18-10-12(9-17-18)11-5-7-16-8-6-11/h1-10H. The summed E-state index contributed by atoms with van der Waals surface area (Å²) in [5, 5.41) is 5.07. The molecule has 2 heterocycles. The van der Waals surface area contributed by atoms with E-state index in [-0.39, 0.29) is 0 Å². The first-order valence-electron chi connectivity index (χ1n) is 5.54. The summed E-state index contributed by atoms with van der Waals surface area (Å²) in [4.78, 5) is 4.00. The van der Waals surface area contributed by atoms with Gasteiger partial charge in [0.2, 0.25) is 0 Å². The molecule has 0 radical (unpaired) electrons. The number of hydrogen-bond acceptors (Lipinski definition) is 2. The molecule has 3 rings (SSSR count). The monoisotopic (exact) mass is 255 g/mol. The van der Waals surface area contributed by atoms with Crippen molar-refractivity contribution in [2.75, 3.05) is 0 Å². The Balaban J connectivity index is 1.97. The maximum Gasteiger partial charge on any atom is 0.0646 e. The van der Waals surface area contributed by atoms with Crippen molar-refractivity contribution < 1.29 is 0 Å². The normalized spacial score (nSPS) is 10.5. The lowest BCUT2D eigenvalue weighted by molar-refractivity contribution is 0.881. The van der Waals surface area contributed by atoms with E-state index in [0.29, 0.717) is 0 Å². The van der Waals surface area contributed by atoms with Crippen molar-refractivity contribution in [2.45, 2.75) is 0 Å². The molecule has 1 aromatic carbocycles. The second-order valence-corrected chi connectivity index (χ2v) is 4.32. The third-order valence-electron chi connectivity index (χ3n) is 2.69. The summed E-state index contributed by atoms with van der Waals surface area (Å²) < 4.78 is 1.83. The average Bonchev–Trinajstić information content (AvgIpc) is 2.90. The van der Waals surface area contributed by atoms with Crippen LogP contribution >= 0.6 is 11.6 Å². The van der Waals surface area contributed by atoms with Crippen LogP contribution in [0.5, 0.6) is 0 Å². The van der Waals surface area contributed by atoms with Crippen molar-refractivity contribution in [2.24, 2.45) is 0 Å². The van der Waals surface area contributed by atoms with Crippen LogP contribution in [0.2, 0.25) is 5.02 Å². The number of pyridine rings is 1. The largest absolute Gasteiger partial charge is 0.265 e. The molecule has 0 aliphatic heterocycles. The predicted octanol–water partition coefficient (Wildman–Crippen LogP) is 3.59. The Hall–Kier alpha value is -2.13. The van der Waals surface area contributed by atoms with E-state index in [1.165, 1.54) is 0 Å². The number of hydrogen-bond donors (Lipinski definition) is 0. The maximum atomic E-state index is 5.86. The number of aromatic nitrogens is 3. The Morgan fingerprint density at radius 3 is 2.33 bits per heavy atom. The van der Waals surface area contributed by atoms with Gasteiger partial charge in [-0.15, -0.1) is 0 Å². The quantitative estimate of drug-likeness (QED) is 0.701. The minimum atomic E-state index is 0.722. The van der Waals surface area contributed by atoms with Crippen molar-refractivity contribution in [1.82, 2.24) is 14.8 Å². The molecule has 0 spiro atoms. The highest BCUT2D eigenvalue weighted by atomic mass is 35.5. The smallest absolute Gasteiger partial charge is 0.0646 e. The van der Waals surface area contributed by atoms with Gasteiger partial charge in [0.1, 0.15) is 0 Å². The SMILES string of the molecule is Clc1ccc(-n2cc(-c3ccncc3)cn2)cc1. The molecule has 3 aromatic rings. The van der Waals surface area contributed by atoms with Gasteiger partial charge < -0.3 is 0 Å². The zero-order valence-electron chi connectivity index (χ0n) is 9.49. The Bertz CT molecular complexity index is 644. The molecule has 4 heteroatoms. The fraction of sp³-hybridized carbons (Fsp3) is 0. The molecular weight excluding hydrogens is 246 g/mol. The molecule has 0 saturated carbocycles. The minimum Gasteiger partial charge on any atom is -0.265 e. The summed E-state index contributed by atoms with van der Waals surface area (Å²) in [7, 11) is 0. The van der Waals surface area contributed by atoms with Gasteiger partial charge in [0.05, 0.1) is 11.9 Å². The molecular formula is C14H10ClN3. The van der Waals surface area contributed by atoms with E-state index < -0.39 is 0 Å². The second kappa shape index (κ2) is 4.63. The summed E-state index contributed by atoms with van der Waals surface area (Å²) >= 11 is 5.86. The Kier molecular flexibility index (Phi) is 2.82. The molecule has 0 aliphatic carbocycles. The molecule has 3 nitrogen and oxygen atoms in total.